The molecule has 22 heavy (non-hydrogen) atoms. The molecular weight excluding hydrogens is 338 g/mol. The van der Waals surface area contributed by atoms with Crippen LogP contribution in [0, 0.1) is 0 Å². The van der Waals surface area contributed by atoms with E-state index in [1.54, 1.807) is 29.8 Å². The number of aromatic nitrogens is 2. The van der Waals surface area contributed by atoms with Crippen molar-refractivity contribution in [2.24, 2.45) is 0 Å². The molecule has 0 atom stereocenters. The van der Waals surface area contributed by atoms with Gasteiger partial charge in [-0.3, -0.25) is 0 Å². The van der Waals surface area contributed by atoms with E-state index in [-0.39, 0.29) is 0 Å². The van der Waals surface area contributed by atoms with Crippen molar-refractivity contribution < 1.29 is 4.74 Å². The second-order valence-electron chi connectivity index (χ2n) is 4.77. The van der Waals surface area contributed by atoms with Crippen LogP contribution in [0.3, 0.4) is 0 Å². The van der Waals surface area contributed by atoms with Gasteiger partial charge < -0.3 is 9.64 Å². The summed E-state index contributed by atoms with van der Waals surface area (Å²) in [5.41, 5.74) is 0.967. The van der Waals surface area contributed by atoms with E-state index in [4.69, 9.17) is 16.3 Å². The maximum absolute atomic E-state index is 6.16. The standard InChI is InChI=1S/C15H14ClN3OS2/c1-19(2)15-18-14(16)11(22-15)6-7-13-17-10-5-4-9(20-3)8-12(10)21-13/h4-8H,1-3H3/b7-6+. The Hall–Kier alpha value is -1.63. The average molecular weight is 352 g/mol. The number of hydrogen-bond donors (Lipinski definition) is 0. The zero-order valence-corrected chi connectivity index (χ0v) is 14.7. The van der Waals surface area contributed by atoms with Crippen LogP contribution < -0.4 is 9.64 Å². The number of nitrogens with zero attached hydrogens (tertiary/aromatic N) is 3. The van der Waals surface area contributed by atoms with Crippen molar-refractivity contribution >= 4 is 61.8 Å². The lowest BCUT2D eigenvalue weighted by atomic mass is 10.3. The van der Waals surface area contributed by atoms with Gasteiger partial charge in [0.25, 0.3) is 0 Å². The first-order valence-corrected chi connectivity index (χ1v) is 8.54. The van der Waals surface area contributed by atoms with Crippen LogP contribution in [0.2, 0.25) is 5.15 Å². The van der Waals surface area contributed by atoms with Gasteiger partial charge in [-0.1, -0.05) is 22.9 Å². The molecule has 1 aromatic carbocycles. The molecule has 3 rings (SSSR count). The highest BCUT2D eigenvalue weighted by Gasteiger charge is 2.08. The second-order valence-corrected chi connectivity index (χ2v) is 7.19. The molecular formula is C15H14ClN3OS2. The summed E-state index contributed by atoms with van der Waals surface area (Å²) in [5.74, 6) is 0.841. The largest absolute Gasteiger partial charge is 0.497 e. The Balaban J connectivity index is 1.89. The van der Waals surface area contributed by atoms with E-state index in [0.717, 1.165) is 31.0 Å². The Labute approximate surface area is 141 Å². The highest BCUT2D eigenvalue weighted by Crippen LogP contribution is 2.31. The molecule has 0 aliphatic carbocycles. The van der Waals surface area contributed by atoms with E-state index in [0.29, 0.717) is 5.15 Å². The third-order valence-electron chi connectivity index (χ3n) is 2.97. The molecule has 0 saturated carbocycles. The van der Waals surface area contributed by atoms with E-state index in [1.807, 2.05) is 49.3 Å². The molecule has 0 fully saturated rings. The molecule has 0 unspecified atom stereocenters. The number of rotatable bonds is 4. The molecule has 0 aliphatic heterocycles. The van der Waals surface area contributed by atoms with Crippen LogP contribution in [-0.2, 0) is 0 Å². The molecule has 7 heteroatoms. The molecule has 2 heterocycles. The van der Waals surface area contributed by atoms with Crippen LogP contribution in [-0.4, -0.2) is 31.2 Å². The molecule has 114 valence electrons. The Morgan fingerprint density at radius 1 is 1.18 bits per heavy atom. The van der Waals surface area contributed by atoms with Gasteiger partial charge in [0.1, 0.15) is 15.9 Å². The van der Waals surface area contributed by atoms with Crippen LogP contribution in [0.5, 0.6) is 5.75 Å². The Morgan fingerprint density at radius 2 is 2.00 bits per heavy atom. The fourth-order valence-corrected chi connectivity index (χ4v) is 3.85. The molecule has 0 N–H and O–H groups in total. The topological polar surface area (TPSA) is 38.2 Å². The molecule has 2 aromatic heterocycles. The Morgan fingerprint density at radius 3 is 2.68 bits per heavy atom. The molecule has 0 bridgehead atoms. The smallest absolute Gasteiger partial charge is 0.186 e. The lowest BCUT2D eigenvalue weighted by molar-refractivity contribution is 0.415. The minimum Gasteiger partial charge on any atom is -0.497 e. The number of anilines is 1. The molecule has 0 saturated heterocycles. The Bertz CT molecular complexity index is 839. The van der Waals surface area contributed by atoms with Crippen molar-refractivity contribution in [2.45, 2.75) is 0 Å². The van der Waals surface area contributed by atoms with Gasteiger partial charge in [-0.2, -0.15) is 0 Å². The summed E-state index contributed by atoms with van der Waals surface area (Å²) < 4.78 is 6.33. The van der Waals surface area contributed by atoms with Gasteiger partial charge in [0.15, 0.2) is 5.13 Å². The van der Waals surface area contributed by atoms with Crippen molar-refractivity contribution in [1.29, 1.82) is 0 Å². The summed E-state index contributed by atoms with van der Waals surface area (Å²) in [7, 11) is 5.56. The summed E-state index contributed by atoms with van der Waals surface area (Å²) in [6.45, 7) is 0. The summed E-state index contributed by atoms with van der Waals surface area (Å²) in [6, 6.07) is 5.87. The van der Waals surface area contributed by atoms with Gasteiger partial charge in [-0.15, -0.1) is 11.3 Å². The maximum atomic E-state index is 6.16. The summed E-state index contributed by atoms with van der Waals surface area (Å²) in [6.07, 6.45) is 3.93. The van der Waals surface area contributed by atoms with Crippen LogP contribution >= 0.6 is 34.3 Å². The Kier molecular flexibility index (Phi) is 4.33. The number of halogens is 1. The van der Waals surface area contributed by atoms with Crippen molar-refractivity contribution in [3.8, 4) is 5.75 Å². The first-order chi connectivity index (χ1) is 10.6. The fraction of sp³-hybridized carbons (Fsp3) is 0.200. The minimum absolute atomic E-state index is 0.521. The summed E-state index contributed by atoms with van der Waals surface area (Å²) >= 11 is 9.33. The number of methoxy groups -OCH3 is 1. The van der Waals surface area contributed by atoms with Crippen LogP contribution in [0.25, 0.3) is 22.4 Å². The first kappa shape index (κ1) is 15.3. The summed E-state index contributed by atoms with van der Waals surface area (Å²) in [5, 5.41) is 2.34. The number of hydrogen-bond acceptors (Lipinski definition) is 6. The average Bonchev–Trinajstić information content (AvgIpc) is 3.07. The number of ether oxygens (including phenoxy) is 1. The lowest BCUT2D eigenvalue weighted by Gasteiger charge is -2.04. The van der Waals surface area contributed by atoms with Crippen molar-refractivity contribution in [3.63, 3.8) is 0 Å². The number of benzene rings is 1. The zero-order chi connectivity index (χ0) is 15.7. The molecule has 3 aromatic rings. The van der Waals surface area contributed by atoms with Gasteiger partial charge in [0, 0.05) is 14.1 Å². The van der Waals surface area contributed by atoms with Gasteiger partial charge in [0.05, 0.1) is 22.2 Å². The second kappa shape index (κ2) is 6.24. The van der Waals surface area contributed by atoms with E-state index in [2.05, 4.69) is 9.97 Å². The molecule has 0 spiro atoms. The third-order valence-corrected chi connectivity index (χ3v) is 5.54. The van der Waals surface area contributed by atoms with Gasteiger partial charge in [-0.05, 0) is 30.4 Å². The van der Waals surface area contributed by atoms with E-state index in [9.17, 15) is 0 Å². The summed E-state index contributed by atoms with van der Waals surface area (Å²) in [4.78, 5) is 11.8. The normalized spacial score (nSPS) is 11.5. The predicted molar refractivity (Wildman–Crippen MR) is 96.6 cm³/mol. The maximum Gasteiger partial charge on any atom is 0.186 e. The number of thiazole rings is 2. The van der Waals surface area contributed by atoms with E-state index in [1.165, 1.54) is 0 Å². The molecule has 0 aliphatic rings. The quantitative estimate of drug-likeness (QED) is 0.685. The van der Waals surface area contributed by atoms with Crippen LogP contribution in [0.15, 0.2) is 18.2 Å². The minimum atomic E-state index is 0.521. The van der Waals surface area contributed by atoms with Crippen molar-refractivity contribution in [1.82, 2.24) is 9.97 Å². The van der Waals surface area contributed by atoms with Gasteiger partial charge in [0.2, 0.25) is 0 Å². The van der Waals surface area contributed by atoms with Gasteiger partial charge in [-0.25, -0.2) is 9.97 Å². The van der Waals surface area contributed by atoms with E-state index < -0.39 is 0 Å². The van der Waals surface area contributed by atoms with Crippen LogP contribution in [0.1, 0.15) is 9.88 Å². The van der Waals surface area contributed by atoms with Crippen molar-refractivity contribution in [2.75, 3.05) is 26.1 Å². The monoisotopic (exact) mass is 351 g/mol. The predicted octanol–water partition coefficient (Wildman–Crippen LogP) is 4.65. The zero-order valence-electron chi connectivity index (χ0n) is 12.3. The highest BCUT2D eigenvalue weighted by atomic mass is 35.5. The van der Waals surface area contributed by atoms with Gasteiger partial charge >= 0.3 is 0 Å². The first-order valence-electron chi connectivity index (χ1n) is 6.53. The van der Waals surface area contributed by atoms with Crippen LogP contribution in [0.4, 0.5) is 5.13 Å². The third kappa shape index (κ3) is 3.09. The number of fused-ring (bicyclic) bond motifs is 1. The van der Waals surface area contributed by atoms with E-state index >= 15 is 0 Å². The SMILES string of the molecule is COc1ccc2nc(/C=C/c3sc(N(C)C)nc3Cl)sc2c1. The highest BCUT2D eigenvalue weighted by molar-refractivity contribution is 7.19. The molecule has 0 radical (unpaired) electrons. The fourth-order valence-electron chi connectivity index (χ4n) is 1.86. The molecule has 0 amide bonds. The lowest BCUT2D eigenvalue weighted by Crippen LogP contribution is -2.07. The van der Waals surface area contributed by atoms with Crippen molar-refractivity contribution in [3.05, 3.63) is 33.2 Å². The molecule has 4 nitrogen and oxygen atoms in total.